The van der Waals surface area contributed by atoms with E-state index < -0.39 is 5.97 Å². The number of esters is 1. The van der Waals surface area contributed by atoms with E-state index in [1.54, 1.807) is 56.7 Å². The van der Waals surface area contributed by atoms with Crippen LogP contribution in [0, 0.1) is 0 Å². The van der Waals surface area contributed by atoms with Crippen LogP contribution in [0.15, 0.2) is 169 Å². The molecule has 1 aliphatic heterocycles. The molecule has 0 atom stereocenters. The van der Waals surface area contributed by atoms with Crippen molar-refractivity contribution in [1.82, 2.24) is 5.43 Å². The summed E-state index contributed by atoms with van der Waals surface area (Å²) in [6.45, 7) is 4.14. The van der Waals surface area contributed by atoms with Crippen molar-refractivity contribution < 1.29 is 186 Å². The van der Waals surface area contributed by atoms with Crippen LogP contribution in [0.25, 0.3) is 0 Å². The Hall–Kier alpha value is -6.82. The van der Waals surface area contributed by atoms with E-state index >= 15 is 0 Å². The summed E-state index contributed by atoms with van der Waals surface area (Å²) in [5.41, 5.74) is 8.72. The summed E-state index contributed by atoms with van der Waals surface area (Å²) in [5, 5.41) is 21.6. The van der Waals surface area contributed by atoms with Gasteiger partial charge in [-0.2, -0.15) is 5.10 Å². The second-order valence-electron chi connectivity index (χ2n) is 16.6. The van der Waals surface area contributed by atoms with Crippen molar-refractivity contribution in [3.05, 3.63) is 203 Å². The Morgan fingerprint density at radius 1 is 0.565 bits per heavy atom. The third kappa shape index (κ3) is 28.3. The summed E-state index contributed by atoms with van der Waals surface area (Å²) in [5.74, 6) is 10.8. The largest absolute Gasteiger partial charge is 1.00 e. The van der Waals surface area contributed by atoms with Gasteiger partial charge in [0.1, 0.15) is 26.2 Å². The van der Waals surface area contributed by atoms with Crippen LogP contribution in [-0.2, 0) is 43.8 Å². The number of hydrazone groups is 1. The van der Waals surface area contributed by atoms with Crippen LogP contribution in [0.4, 0.5) is 0 Å². The van der Waals surface area contributed by atoms with Crippen LogP contribution < -0.4 is 158 Å². The number of hydrogen-bond acceptors (Lipinski definition) is 20. The molecule has 8 rings (SSSR count). The second kappa shape index (κ2) is 44.6. The molecule has 23 heteroatoms. The molecule has 7 aromatic carbocycles. The molecule has 6 N–H and O–H groups in total. The SMILES string of the molecule is C.COC(=O)CC(=O)c1ccc(OCc2ccccc2)c(OC)c1.COc1cc(C(C)=O)ccc1O.COc1cc(C(C)=O)ccc1OCc1ccccc1.COc1cc(C2=NNC(=O)C2)ccc1OCc1ccccc1.NN.O=CO[O-].[H-].[K+].[K+]. The number of carbonyl (C=O) groups excluding carboxylic acids is 6. The first-order valence-corrected chi connectivity index (χ1v) is 24.6. The molecule has 442 valence electrons. The molecular weight excluding hydrogens is 1150 g/mol. The smallest absolute Gasteiger partial charge is 1.00 e. The fraction of sp³-hybridized carbons (Fsp3) is 0.210. The van der Waals surface area contributed by atoms with E-state index in [1.807, 2.05) is 109 Å². The number of aromatic hydroxyl groups is 1. The van der Waals surface area contributed by atoms with Gasteiger partial charge in [-0.05, 0) is 103 Å². The number of carbonyl (C=O) groups is 6. The Kier molecular flexibility index (Phi) is 41.1. The van der Waals surface area contributed by atoms with E-state index in [4.69, 9.17) is 43.2 Å². The number of nitrogens with zero attached hydrogens (tertiary/aromatic N) is 1. The molecule has 0 bridgehead atoms. The van der Waals surface area contributed by atoms with Crippen molar-refractivity contribution in [2.45, 2.75) is 53.9 Å². The predicted octanol–water partition coefficient (Wildman–Crippen LogP) is 2.61. The van der Waals surface area contributed by atoms with Gasteiger partial charge in [-0.1, -0.05) is 98.4 Å². The van der Waals surface area contributed by atoms with Crippen LogP contribution in [-0.4, -0.2) is 82.1 Å². The van der Waals surface area contributed by atoms with Gasteiger partial charge in [-0.15, -0.1) is 0 Å². The number of Topliss-reactive ketones (excluding diaryl/α,β-unsaturated/α-hetero) is 3. The van der Waals surface area contributed by atoms with Crippen molar-refractivity contribution in [2.75, 3.05) is 35.5 Å². The van der Waals surface area contributed by atoms with Crippen molar-refractivity contribution in [3.8, 4) is 46.0 Å². The third-order valence-electron chi connectivity index (χ3n) is 11.1. The van der Waals surface area contributed by atoms with E-state index in [-0.39, 0.29) is 160 Å². The van der Waals surface area contributed by atoms with E-state index in [0.717, 1.165) is 22.3 Å². The van der Waals surface area contributed by atoms with Gasteiger partial charge in [0.25, 0.3) is 6.47 Å². The fourth-order valence-electron chi connectivity index (χ4n) is 6.87. The number of hydrazine groups is 1. The van der Waals surface area contributed by atoms with Crippen molar-refractivity contribution in [1.29, 1.82) is 0 Å². The van der Waals surface area contributed by atoms with Gasteiger partial charge in [0.15, 0.2) is 63.3 Å². The monoisotopic (exact) mass is 1220 g/mol. The minimum atomic E-state index is -0.571. The zero-order valence-corrected chi connectivity index (χ0v) is 54.5. The molecule has 85 heavy (non-hydrogen) atoms. The van der Waals surface area contributed by atoms with Gasteiger partial charge in [-0.25, -0.2) is 5.43 Å². The molecule has 0 aromatic heterocycles. The first kappa shape index (κ1) is 78.2. The first-order valence-electron chi connectivity index (χ1n) is 24.6. The molecule has 0 fully saturated rings. The maximum absolute atomic E-state index is 12.0. The average Bonchev–Trinajstić information content (AvgIpc) is 3.84. The standard InChI is InChI=1S/C18H18O5.C17H16N2O3.C16H16O3.C9H10O3.CH2O3.CH4.2K.H4N2.H/c1-21-17-10-14(15(19)11-18(20)22-2)8-9-16(17)23-12-13-6-4-3-5-7-13;1-21-16-9-13(14-10-17(20)19-18-14)7-8-15(16)22-11-12-5-3-2-4-6-12;1-12(17)14-8-9-15(16(10-14)18-2)19-11-13-6-4-3-5-7-13;1-6(10)7-3-4-8(11)9(5-7)12-2;2-1-4-3;;;;1-2;/h3-10H,11-12H2,1-2H3;2-9H,10-11H2,1H3,(H,19,20);3-10H,11H2,1-2H3;3-5,11H,1-2H3;1,3H;1H4;;;1-2H2;/q;;;;;;2*+1;;-1/p-1. The number of hydrogen-bond donors (Lipinski definition) is 4. The van der Waals surface area contributed by atoms with Gasteiger partial charge in [0.05, 0.1) is 47.7 Å². The summed E-state index contributed by atoms with van der Waals surface area (Å²) >= 11 is 0. The van der Waals surface area contributed by atoms with Gasteiger partial charge < -0.3 is 54.6 Å². The maximum atomic E-state index is 12.0. The number of amides is 1. The molecule has 1 amide bonds. The molecule has 0 radical (unpaired) electrons. The van der Waals surface area contributed by atoms with Crippen molar-refractivity contribution in [2.24, 2.45) is 16.8 Å². The van der Waals surface area contributed by atoms with Crippen molar-refractivity contribution >= 4 is 41.4 Å². The van der Waals surface area contributed by atoms with E-state index in [9.17, 15) is 29.1 Å². The Morgan fingerprint density at radius 2 is 0.929 bits per heavy atom. The number of phenolic OH excluding ortho intramolecular Hbond substituents is 1. The molecule has 0 spiro atoms. The van der Waals surface area contributed by atoms with Crippen LogP contribution in [0.5, 0.6) is 46.0 Å². The van der Waals surface area contributed by atoms with Gasteiger partial charge in [-0.3, -0.25) is 40.5 Å². The zero-order chi connectivity index (χ0) is 60.2. The molecular formula is C62H70K2N4O17. The Morgan fingerprint density at radius 3 is 1.29 bits per heavy atom. The average molecular weight is 1220 g/mol. The van der Waals surface area contributed by atoms with E-state index in [2.05, 4.69) is 31.8 Å². The topological polar surface area (TPSA) is 305 Å². The third-order valence-corrected chi connectivity index (χ3v) is 11.1. The molecule has 0 unspecified atom stereocenters. The summed E-state index contributed by atoms with van der Waals surface area (Å²) in [6, 6.07) is 49.6. The normalized spacial score (nSPS) is 10.1. The van der Waals surface area contributed by atoms with Gasteiger partial charge >= 0.3 is 109 Å². The summed E-state index contributed by atoms with van der Waals surface area (Å²) in [4.78, 5) is 67.8. The predicted molar refractivity (Wildman–Crippen MR) is 310 cm³/mol. The summed E-state index contributed by atoms with van der Waals surface area (Å²) < 4.78 is 42.5. The summed E-state index contributed by atoms with van der Waals surface area (Å²) in [7, 11) is 7.35. The van der Waals surface area contributed by atoms with Gasteiger partial charge in [0, 0.05) is 22.3 Å². The number of nitrogens with two attached hydrogens (primary N) is 2. The Balaban J connectivity index is 0. The molecule has 0 aliphatic carbocycles. The number of phenols is 1. The quantitative estimate of drug-likeness (QED) is 0.0125. The number of methoxy groups -OCH3 is 5. The number of benzene rings is 7. The minimum absolute atomic E-state index is 0. The minimum Gasteiger partial charge on any atom is -1.00 e. The Labute approximate surface area is 581 Å². The molecule has 0 saturated heterocycles. The molecule has 0 saturated carbocycles. The van der Waals surface area contributed by atoms with Crippen LogP contribution in [0.2, 0.25) is 0 Å². The molecule has 7 aromatic rings. The number of rotatable bonds is 20. The second-order valence-corrected chi connectivity index (χ2v) is 16.6. The number of ketones is 3. The number of ether oxygens (including phenoxy) is 8. The van der Waals surface area contributed by atoms with Gasteiger partial charge in [0.2, 0.25) is 5.91 Å². The zero-order valence-electron chi connectivity index (χ0n) is 49.3. The van der Waals surface area contributed by atoms with Crippen LogP contribution >= 0.6 is 0 Å². The molecule has 1 aliphatic rings. The fourth-order valence-corrected chi connectivity index (χ4v) is 6.87. The molecule has 1 heterocycles. The van der Waals surface area contributed by atoms with E-state index in [1.165, 1.54) is 47.3 Å². The maximum Gasteiger partial charge on any atom is 1.00 e. The summed E-state index contributed by atoms with van der Waals surface area (Å²) in [6.07, 6.45) is -0.0166. The molecule has 21 nitrogen and oxygen atoms in total. The Bertz CT molecular complexity index is 3180. The van der Waals surface area contributed by atoms with Crippen LogP contribution in [0.1, 0.15) is 88.9 Å². The van der Waals surface area contributed by atoms with Crippen molar-refractivity contribution in [3.63, 3.8) is 0 Å². The van der Waals surface area contributed by atoms with E-state index in [0.29, 0.717) is 82.5 Å². The first-order chi connectivity index (χ1) is 39.7. The number of nitrogens with one attached hydrogen (secondary N) is 1. The van der Waals surface area contributed by atoms with Crippen LogP contribution in [0.3, 0.4) is 0 Å².